The molecule has 10 heavy (non-hydrogen) atoms. The zero-order valence-electron chi connectivity index (χ0n) is 4.76. The fourth-order valence-electron chi connectivity index (χ4n) is 0.478. The fourth-order valence-corrected chi connectivity index (χ4v) is 0.947. The molecule has 7 heteroatoms. The smallest absolute Gasteiger partial charge is 0.307 e. The molecule has 0 spiro atoms. The van der Waals surface area contributed by atoms with Crippen LogP contribution in [0.15, 0.2) is 17.1 Å². The standard InChI is InChI=1S/C3H5N2O4P/c6-3-1-2-5(4-3)10(7,8)9/h1-2H,(H,4,6)(H2,7,8,9). The number of rotatable bonds is 1. The first-order valence-corrected chi connectivity index (χ1v) is 3.91. The number of hydrogen-bond donors (Lipinski definition) is 3. The number of aromatic nitrogens is 2. The first-order chi connectivity index (χ1) is 4.50. The van der Waals surface area contributed by atoms with Crippen molar-refractivity contribution in [2.45, 2.75) is 0 Å². The van der Waals surface area contributed by atoms with E-state index in [4.69, 9.17) is 9.79 Å². The van der Waals surface area contributed by atoms with Gasteiger partial charge in [0.1, 0.15) is 0 Å². The van der Waals surface area contributed by atoms with E-state index in [1.54, 1.807) is 0 Å². The Kier molecular flexibility index (Phi) is 1.52. The predicted octanol–water partition coefficient (Wildman–Crippen LogP) is -0.883. The third-order valence-electron chi connectivity index (χ3n) is 0.873. The monoisotopic (exact) mass is 164 g/mol. The van der Waals surface area contributed by atoms with Crippen LogP contribution in [0.25, 0.3) is 0 Å². The zero-order chi connectivity index (χ0) is 7.78. The molecule has 1 aromatic heterocycles. The SMILES string of the molecule is O=c1ccn(P(=O)(O)O)[nH]1. The van der Waals surface area contributed by atoms with Crippen molar-refractivity contribution in [3.63, 3.8) is 0 Å². The van der Waals surface area contributed by atoms with Crippen LogP contribution < -0.4 is 5.56 Å². The maximum Gasteiger partial charge on any atom is 0.448 e. The van der Waals surface area contributed by atoms with Crippen molar-refractivity contribution in [3.8, 4) is 0 Å². The van der Waals surface area contributed by atoms with Gasteiger partial charge in [0.25, 0.3) is 5.56 Å². The van der Waals surface area contributed by atoms with E-state index in [1.807, 2.05) is 5.10 Å². The Labute approximate surface area is 55.3 Å². The maximum atomic E-state index is 10.3. The Balaban J connectivity index is 3.20. The van der Waals surface area contributed by atoms with Gasteiger partial charge < -0.3 is 9.79 Å². The summed E-state index contributed by atoms with van der Waals surface area (Å²) >= 11 is 0. The summed E-state index contributed by atoms with van der Waals surface area (Å²) in [5.41, 5.74) is -0.539. The highest BCUT2D eigenvalue weighted by atomic mass is 31.2. The van der Waals surface area contributed by atoms with Crippen LogP contribution in [0.5, 0.6) is 0 Å². The number of nitrogens with zero attached hydrogens (tertiary/aromatic N) is 1. The van der Waals surface area contributed by atoms with Crippen molar-refractivity contribution >= 4 is 7.75 Å². The summed E-state index contributed by atoms with van der Waals surface area (Å²) in [7, 11) is -4.34. The van der Waals surface area contributed by atoms with Crippen LogP contribution in [0.2, 0.25) is 0 Å². The fraction of sp³-hybridized carbons (Fsp3) is 0. The van der Waals surface area contributed by atoms with Gasteiger partial charge in [-0.3, -0.25) is 9.89 Å². The molecule has 1 heterocycles. The summed E-state index contributed by atoms with van der Waals surface area (Å²) in [4.78, 5) is 27.1. The minimum Gasteiger partial charge on any atom is -0.307 e. The lowest BCUT2D eigenvalue weighted by Crippen LogP contribution is -2.03. The third-order valence-corrected chi connectivity index (χ3v) is 1.67. The summed E-state index contributed by atoms with van der Waals surface area (Å²) in [6, 6.07) is 1.03. The zero-order valence-corrected chi connectivity index (χ0v) is 5.65. The van der Waals surface area contributed by atoms with E-state index in [-0.39, 0.29) is 0 Å². The molecular weight excluding hydrogens is 159 g/mol. The third kappa shape index (κ3) is 1.36. The minimum absolute atomic E-state index is 0.454. The van der Waals surface area contributed by atoms with Gasteiger partial charge in [-0.2, -0.15) is 4.45 Å². The molecule has 0 fully saturated rings. The van der Waals surface area contributed by atoms with E-state index in [0.717, 1.165) is 12.3 Å². The second-order valence-electron chi connectivity index (χ2n) is 1.65. The Bertz CT molecular complexity index is 319. The van der Waals surface area contributed by atoms with Gasteiger partial charge in [0.15, 0.2) is 0 Å². The summed E-state index contributed by atoms with van der Waals surface area (Å²) in [6.07, 6.45) is 0.989. The second-order valence-corrected chi connectivity index (χ2v) is 3.11. The topological polar surface area (TPSA) is 95.3 Å². The average Bonchev–Trinajstić information content (AvgIpc) is 2.11. The summed E-state index contributed by atoms with van der Waals surface area (Å²) in [5.74, 6) is 0. The van der Waals surface area contributed by atoms with E-state index >= 15 is 0 Å². The van der Waals surface area contributed by atoms with Crippen LogP contribution in [0.1, 0.15) is 0 Å². The maximum absolute atomic E-state index is 10.3. The summed E-state index contributed by atoms with van der Waals surface area (Å²) < 4.78 is 10.8. The van der Waals surface area contributed by atoms with Gasteiger partial charge in [0.05, 0.1) is 0 Å². The van der Waals surface area contributed by atoms with Crippen LogP contribution in [-0.4, -0.2) is 19.3 Å². The Morgan fingerprint density at radius 3 is 2.40 bits per heavy atom. The van der Waals surface area contributed by atoms with E-state index < -0.39 is 13.3 Å². The van der Waals surface area contributed by atoms with Crippen LogP contribution in [0.3, 0.4) is 0 Å². The molecule has 0 radical (unpaired) electrons. The van der Waals surface area contributed by atoms with E-state index in [2.05, 4.69) is 0 Å². The number of H-pyrrole nitrogens is 1. The number of nitrogens with one attached hydrogen (secondary N) is 1. The van der Waals surface area contributed by atoms with Crippen LogP contribution in [-0.2, 0) is 4.57 Å². The number of hydrogen-bond acceptors (Lipinski definition) is 2. The molecule has 1 rings (SSSR count). The molecule has 0 saturated carbocycles. The molecule has 0 aliphatic heterocycles. The molecule has 0 amide bonds. The molecule has 6 nitrogen and oxygen atoms in total. The first kappa shape index (κ1) is 7.27. The van der Waals surface area contributed by atoms with Crippen LogP contribution >= 0.6 is 7.75 Å². The quantitative estimate of drug-likeness (QED) is 0.469. The lowest BCUT2D eigenvalue weighted by atomic mass is 10.7. The molecule has 56 valence electrons. The molecule has 0 unspecified atom stereocenters. The van der Waals surface area contributed by atoms with Crippen LogP contribution in [0, 0.1) is 0 Å². The lowest BCUT2D eigenvalue weighted by Gasteiger charge is -2.01. The molecular formula is C3H5N2O4P. The van der Waals surface area contributed by atoms with E-state index in [9.17, 15) is 9.36 Å². The van der Waals surface area contributed by atoms with Crippen molar-refractivity contribution in [2.75, 3.05) is 0 Å². The molecule has 1 aromatic rings. The van der Waals surface area contributed by atoms with Crippen molar-refractivity contribution in [2.24, 2.45) is 0 Å². The number of aromatic amines is 1. The minimum atomic E-state index is -4.34. The summed E-state index contributed by atoms with van der Waals surface area (Å²) in [5, 5.41) is 1.91. The molecule has 0 saturated heterocycles. The normalized spacial score (nSPS) is 11.8. The Morgan fingerprint density at radius 1 is 1.60 bits per heavy atom. The Hall–Kier alpha value is -0.840. The van der Waals surface area contributed by atoms with Gasteiger partial charge in [0.2, 0.25) is 0 Å². The molecule has 0 bridgehead atoms. The van der Waals surface area contributed by atoms with Crippen molar-refractivity contribution in [1.82, 2.24) is 9.55 Å². The lowest BCUT2D eigenvalue weighted by molar-refractivity contribution is 0.354. The largest absolute Gasteiger partial charge is 0.448 e. The van der Waals surface area contributed by atoms with Crippen LogP contribution in [0.4, 0.5) is 0 Å². The average molecular weight is 164 g/mol. The predicted molar refractivity (Wildman–Crippen MR) is 32.5 cm³/mol. The molecule has 0 aliphatic rings. The van der Waals surface area contributed by atoms with Crippen molar-refractivity contribution in [1.29, 1.82) is 0 Å². The van der Waals surface area contributed by atoms with Gasteiger partial charge in [0, 0.05) is 12.3 Å². The van der Waals surface area contributed by atoms with Gasteiger partial charge in [-0.15, -0.1) is 0 Å². The van der Waals surface area contributed by atoms with Crippen molar-refractivity contribution < 1.29 is 14.4 Å². The van der Waals surface area contributed by atoms with Crippen molar-refractivity contribution in [3.05, 3.63) is 22.6 Å². The summed E-state index contributed by atoms with van der Waals surface area (Å²) in [6.45, 7) is 0. The van der Waals surface area contributed by atoms with Gasteiger partial charge >= 0.3 is 7.75 Å². The second kappa shape index (κ2) is 2.09. The van der Waals surface area contributed by atoms with Gasteiger partial charge in [-0.1, -0.05) is 0 Å². The van der Waals surface area contributed by atoms with E-state index in [0.29, 0.717) is 4.45 Å². The first-order valence-electron chi connectivity index (χ1n) is 2.34. The molecule has 3 N–H and O–H groups in total. The van der Waals surface area contributed by atoms with Gasteiger partial charge in [-0.25, -0.2) is 4.57 Å². The van der Waals surface area contributed by atoms with Gasteiger partial charge in [-0.05, 0) is 0 Å². The Morgan fingerprint density at radius 2 is 2.20 bits per heavy atom. The van der Waals surface area contributed by atoms with E-state index in [1.165, 1.54) is 0 Å². The molecule has 0 aromatic carbocycles. The highest BCUT2D eigenvalue weighted by Gasteiger charge is 2.14. The highest BCUT2D eigenvalue weighted by molar-refractivity contribution is 7.49. The molecule has 0 aliphatic carbocycles. The highest BCUT2D eigenvalue weighted by Crippen LogP contribution is 2.34. The molecule has 0 atom stereocenters.